The predicted octanol–water partition coefficient (Wildman–Crippen LogP) is 3.54. The van der Waals surface area contributed by atoms with Crippen LogP contribution in [-0.4, -0.2) is 39.5 Å². The Bertz CT molecular complexity index is 658. The minimum absolute atomic E-state index is 0.224. The molecule has 0 aliphatic carbocycles. The molecular weight excluding hydrogens is 342 g/mol. The van der Waals surface area contributed by atoms with E-state index in [1.807, 2.05) is 18.2 Å². The van der Waals surface area contributed by atoms with Crippen molar-refractivity contribution < 1.29 is 19.7 Å². The van der Waals surface area contributed by atoms with Crippen molar-refractivity contribution in [2.45, 2.75) is 63.3 Å². The summed E-state index contributed by atoms with van der Waals surface area (Å²) in [4.78, 5) is 14.6. The van der Waals surface area contributed by atoms with Gasteiger partial charge in [-0.2, -0.15) is 0 Å². The number of hydrogen-bond acceptors (Lipinski definition) is 4. The fourth-order valence-electron chi connectivity index (χ4n) is 4.21. The molecule has 2 N–H and O–H groups in total. The molecule has 2 bridgehead atoms. The van der Waals surface area contributed by atoms with E-state index in [1.165, 1.54) is 0 Å². The first-order valence-corrected chi connectivity index (χ1v) is 9.91. The molecule has 2 aliphatic rings. The van der Waals surface area contributed by atoms with Crippen LogP contribution in [0.15, 0.2) is 48.8 Å². The Labute approximate surface area is 160 Å². The van der Waals surface area contributed by atoms with Crippen molar-refractivity contribution in [3.8, 4) is 0 Å². The number of rotatable bonds is 10. The molecule has 2 fully saturated rings. The number of unbranched alkanes of at least 4 members (excludes halogenated alkanes) is 1. The number of aliphatic hydroxyl groups excluding tert-OH is 1. The Balaban J connectivity index is 1.50. The highest BCUT2D eigenvalue weighted by molar-refractivity contribution is 5.66. The second kappa shape index (κ2) is 9.81. The van der Waals surface area contributed by atoms with Crippen LogP contribution in [0.2, 0.25) is 0 Å². The average molecular weight is 371 g/mol. The summed E-state index contributed by atoms with van der Waals surface area (Å²) in [6.45, 7) is 0. The van der Waals surface area contributed by atoms with Gasteiger partial charge in [0.2, 0.25) is 0 Å². The fourth-order valence-corrected chi connectivity index (χ4v) is 4.21. The van der Waals surface area contributed by atoms with Crippen LogP contribution in [0, 0.1) is 11.8 Å². The molecule has 0 spiro atoms. The van der Waals surface area contributed by atoms with E-state index in [9.17, 15) is 9.90 Å². The lowest BCUT2D eigenvalue weighted by Crippen LogP contribution is -2.25. The molecule has 5 atom stereocenters. The minimum Gasteiger partial charge on any atom is -0.481 e. The van der Waals surface area contributed by atoms with E-state index >= 15 is 0 Å². The van der Waals surface area contributed by atoms with Crippen molar-refractivity contribution in [2.24, 2.45) is 11.8 Å². The van der Waals surface area contributed by atoms with Gasteiger partial charge in [0.1, 0.15) is 0 Å². The number of aliphatic carboxylic acids is 1. The number of ether oxygens (including phenoxy) is 1. The molecule has 146 valence electrons. The third kappa shape index (κ3) is 5.75. The Hall–Kier alpha value is -1.98. The van der Waals surface area contributed by atoms with Gasteiger partial charge in [-0.25, -0.2) is 0 Å². The Morgan fingerprint density at radius 2 is 2.19 bits per heavy atom. The molecule has 5 heteroatoms. The van der Waals surface area contributed by atoms with Gasteiger partial charge in [-0.15, -0.1) is 0 Å². The molecule has 27 heavy (non-hydrogen) atoms. The van der Waals surface area contributed by atoms with E-state index in [-0.39, 0.29) is 12.5 Å². The van der Waals surface area contributed by atoms with Crippen molar-refractivity contribution in [1.82, 2.24) is 4.98 Å². The number of fused-ring (bicyclic) bond motifs is 2. The van der Waals surface area contributed by atoms with Crippen LogP contribution in [0.4, 0.5) is 0 Å². The molecule has 0 aromatic carbocycles. The molecule has 5 nitrogen and oxygen atoms in total. The monoisotopic (exact) mass is 371 g/mol. The lowest BCUT2D eigenvalue weighted by atomic mass is 9.77. The number of carboxylic acids is 1. The molecule has 2 aliphatic heterocycles. The second-order valence-electron chi connectivity index (χ2n) is 7.54. The van der Waals surface area contributed by atoms with Crippen molar-refractivity contribution >= 4 is 5.97 Å². The SMILES string of the molecule is O=C(O)CCCC=CC[C@H]1[C@@H](C=CC(O)Cc2cccnc2)[C@@H]2CC[C@H]1O2. The Morgan fingerprint density at radius 3 is 2.96 bits per heavy atom. The molecule has 0 saturated carbocycles. The van der Waals surface area contributed by atoms with Crippen LogP contribution in [-0.2, 0) is 16.0 Å². The summed E-state index contributed by atoms with van der Waals surface area (Å²) >= 11 is 0. The number of aromatic nitrogens is 1. The summed E-state index contributed by atoms with van der Waals surface area (Å²) in [5.74, 6) is 0.0530. The maximum atomic E-state index is 10.5. The van der Waals surface area contributed by atoms with E-state index in [0.29, 0.717) is 30.8 Å². The van der Waals surface area contributed by atoms with Crippen molar-refractivity contribution in [1.29, 1.82) is 0 Å². The number of carboxylic acid groups (broad SMARTS) is 1. The van der Waals surface area contributed by atoms with Crippen LogP contribution < -0.4 is 0 Å². The molecular formula is C22H29NO4. The molecule has 0 amide bonds. The number of pyridine rings is 1. The maximum Gasteiger partial charge on any atom is 0.303 e. The van der Waals surface area contributed by atoms with Crippen LogP contribution in [0.3, 0.4) is 0 Å². The molecule has 3 heterocycles. The standard InChI is InChI=1S/C22H29NO4/c24-17(14-16-6-5-13-23-15-16)9-10-19-18(20-11-12-21(19)27-20)7-3-1-2-4-8-22(25)26/h1,3,5-6,9-10,13,15,17-21,24H,2,4,7-8,11-12,14H2,(H,25,26)/t17?,18-,19+,20+,21-/m0/s1. The van der Waals surface area contributed by atoms with Gasteiger partial charge in [0, 0.05) is 31.2 Å². The van der Waals surface area contributed by atoms with Gasteiger partial charge in [-0.05, 0) is 49.7 Å². The topological polar surface area (TPSA) is 79.7 Å². The van der Waals surface area contributed by atoms with Gasteiger partial charge in [-0.1, -0.05) is 30.4 Å². The van der Waals surface area contributed by atoms with E-state index in [4.69, 9.17) is 9.84 Å². The van der Waals surface area contributed by atoms with Gasteiger partial charge in [-0.3, -0.25) is 9.78 Å². The lowest BCUT2D eigenvalue weighted by molar-refractivity contribution is -0.137. The van der Waals surface area contributed by atoms with E-state index in [2.05, 4.69) is 23.2 Å². The van der Waals surface area contributed by atoms with Crippen molar-refractivity contribution in [3.05, 3.63) is 54.4 Å². The number of aliphatic hydroxyl groups is 1. The van der Waals surface area contributed by atoms with Crippen LogP contribution in [0.25, 0.3) is 0 Å². The summed E-state index contributed by atoms with van der Waals surface area (Å²) in [5.41, 5.74) is 1.03. The lowest BCUT2D eigenvalue weighted by Gasteiger charge is -2.25. The van der Waals surface area contributed by atoms with Crippen LogP contribution in [0.5, 0.6) is 0 Å². The van der Waals surface area contributed by atoms with Crippen molar-refractivity contribution in [3.63, 3.8) is 0 Å². The first kappa shape index (κ1) is 19.8. The van der Waals surface area contributed by atoms with E-state index < -0.39 is 12.1 Å². The van der Waals surface area contributed by atoms with Crippen LogP contribution >= 0.6 is 0 Å². The smallest absolute Gasteiger partial charge is 0.303 e. The fraction of sp³-hybridized carbons (Fsp3) is 0.545. The van der Waals surface area contributed by atoms with Crippen molar-refractivity contribution in [2.75, 3.05) is 0 Å². The quantitative estimate of drug-likeness (QED) is 0.486. The van der Waals surface area contributed by atoms with Gasteiger partial charge in [0.15, 0.2) is 0 Å². The zero-order chi connectivity index (χ0) is 19.1. The van der Waals surface area contributed by atoms with Crippen LogP contribution in [0.1, 0.15) is 44.1 Å². The van der Waals surface area contributed by atoms with Gasteiger partial charge in [0.25, 0.3) is 0 Å². The number of nitrogens with zero attached hydrogens (tertiary/aromatic N) is 1. The summed E-state index contributed by atoms with van der Waals surface area (Å²) in [7, 11) is 0. The molecule has 1 aromatic rings. The zero-order valence-corrected chi connectivity index (χ0v) is 15.6. The highest BCUT2D eigenvalue weighted by Gasteiger charge is 2.46. The summed E-state index contributed by atoms with van der Waals surface area (Å²) in [6, 6.07) is 3.86. The van der Waals surface area contributed by atoms with Gasteiger partial charge >= 0.3 is 5.97 Å². The zero-order valence-electron chi connectivity index (χ0n) is 15.6. The number of allylic oxidation sites excluding steroid dienone is 2. The third-order valence-corrected chi connectivity index (χ3v) is 5.55. The normalized spacial score (nSPS) is 28.3. The first-order chi connectivity index (χ1) is 13.1. The second-order valence-corrected chi connectivity index (χ2v) is 7.54. The molecule has 0 radical (unpaired) electrons. The third-order valence-electron chi connectivity index (χ3n) is 5.55. The molecule has 3 rings (SSSR count). The minimum atomic E-state index is -0.736. The summed E-state index contributed by atoms with van der Waals surface area (Å²) in [6.07, 6.45) is 17.3. The largest absolute Gasteiger partial charge is 0.481 e. The maximum absolute atomic E-state index is 10.5. The highest BCUT2D eigenvalue weighted by Crippen LogP contribution is 2.45. The van der Waals surface area contributed by atoms with E-state index in [0.717, 1.165) is 31.2 Å². The summed E-state index contributed by atoms with van der Waals surface area (Å²) < 4.78 is 6.10. The number of hydrogen-bond donors (Lipinski definition) is 2. The van der Waals surface area contributed by atoms with E-state index in [1.54, 1.807) is 12.4 Å². The Morgan fingerprint density at radius 1 is 1.33 bits per heavy atom. The predicted molar refractivity (Wildman–Crippen MR) is 103 cm³/mol. The summed E-state index contributed by atoms with van der Waals surface area (Å²) in [5, 5.41) is 19.0. The van der Waals surface area contributed by atoms with Gasteiger partial charge < -0.3 is 14.9 Å². The molecule has 1 unspecified atom stereocenters. The average Bonchev–Trinajstić information content (AvgIpc) is 3.25. The number of carbonyl (C=O) groups is 1. The molecule has 2 saturated heterocycles. The Kier molecular flexibility index (Phi) is 7.18. The highest BCUT2D eigenvalue weighted by atomic mass is 16.5. The first-order valence-electron chi connectivity index (χ1n) is 9.91. The molecule has 1 aromatic heterocycles. The van der Waals surface area contributed by atoms with Gasteiger partial charge in [0.05, 0.1) is 18.3 Å².